The van der Waals surface area contributed by atoms with E-state index in [1.165, 1.54) is 0 Å². The van der Waals surface area contributed by atoms with Crippen LogP contribution < -0.4 is 15.0 Å². The first kappa shape index (κ1) is 17.2. The highest BCUT2D eigenvalue weighted by atomic mass is 16.5. The van der Waals surface area contributed by atoms with E-state index in [1.807, 2.05) is 43.3 Å². The van der Waals surface area contributed by atoms with Crippen molar-refractivity contribution in [1.29, 1.82) is 0 Å². The highest BCUT2D eigenvalue weighted by Gasteiger charge is 2.15. The molecule has 2 heterocycles. The van der Waals surface area contributed by atoms with Crippen LogP contribution in [0.25, 0.3) is 0 Å². The molecule has 1 aromatic carbocycles. The van der Waals surface area contributed by atoms with Gasteiger partial charge in [0.1, 0.15) is 5.75 Å². The van der Waals surface area contributed by atoms with Crippen molar-refractivity contribution in [2.75, 3.05) is 37.8 Å². The predicted octanol–water partition coefficient (Wildman–Crippen LogP) is 1.32. The standard InChI is InChI=1S/C18H22N4O3/c1-14-11-15(21-18(20-14)22-7-9-24-10-8-22)12-19-17(23)13-25-16-5-3-2-4-6-16/h2-6,11H,7-10,12-13H2,1H3,(H,19,23). The van der Waals surface area contributed by atoms with Crippen molar-refractivity contribution in [3.05, 3.63) is 47.8 Å². The lowest BCUT2D eigenvalue weighted by atomic mass is 10.3. The van der Waals surface area contributed by atoms with Crippen LogP contribution in [0.15, 0.2) is 36.4 Å². The number of amides is 1. The number of hydrogen-bond acceptors (Lipinski definition) is 6. The molecule has 1 saturated heterocycles. The topological polar surface area (TPSA) is 76.6 Å². The Morgan fingerprint density at radius 1 is 1.24 bits per heavy atom. The van der Waals surface area contributed by atoms with Crippen molar-refractivity contribution in [2.24, 2.45) is 0 Å². The molecule has 0 atom stereocenters. The van der Waals surface area contributed by atoms with Crippen LogP contribution in [0.5, 0.6) is 5.75 Å². The molecular weight excluding hydrogens is 320 g/mol. The van der Waals surface area contributed by atoms with Crippen molar-refractivity contribution < 1.29 is 14.3 Å². The smallest absolute Gasteiger partial charge is 0.258 e. The zero-order chi connectivity index (χ0) is 17.5. The van der Waals surface area contributed by atoms with Gasteiger partial charge in [-0.3, -0.25) is 4.79 Å². The summed E-state index contributed by atoms with van der Waals surface area (Å²) in [5.74, 6) is 1.17. The summed E-state index contributed by atoms with van der Waals surface area (Å²) < 4.78 is 10.8. The summed E-state index contributed by atoms with van der Waals surface area (Å²) in [6.45, 7) is 5.16. The first-order valence-corrected chi connectivity index (χ1v) is 8.32. The molecule has 0 radical (unpaired) electrons. The van der Waals surface area contributed by atoms with Gasteiger partial charge in [-0.25, -0.2) is 9.97 Å². The quantitative estimate of drug-likeness (QED) is 0.853. The van der Waals surface area contributed by atoms with Gasteiger partial charge in [0.25, 0.3) is 5.91 Å². The third-order valence-electron chi connectivity index (χ3n) is 3.77. The van der Waals surface area contributed by atoms with Gasteiger partial charge >= 0.3 is 0 Å². The minimum Gasteiger partial charge on any atom is -0.484 e. The van der Waals surface area contributed by atoms with Crippen LogP contribution in [0.1, 0.15) is 11.4 Å². The van der Waals surface area contributed by atoms with Crippen molar-refractivity contribution >= 4 is 11.9 Å². The van der Waals surface area contributed by atoms with E-state index in [-0.39, 0.29) is 12.5 Å². The summed E-state index contributed by atoms with van der Waals surface area (Å²) >= 11 is 0. The number of nitrogens with one attached hydrogen (secondary N) is 1. The van der Waals surface area contributed by atoms with Gasteiger partial charge in [-0.2, -0.15) is 0 Å². The molecule has 7 nitrogen and oxygen atoms in total. The third kappa shape index (κ3) is 5.15. The number of aryl methyl sites for hydroxylation is 1. The zero-order valence-corrected chi connectivity index (χ0v) is 14.3. The van der Waals surface area contributed by atoms with Crippen LogP contribution >= 0.6 is 0 Å². The Morgan fingerprint density at radius 3 is 2.76 bits per heavy atom. The molecular formula is C18H22N4O3. The van der Waals surface area contributed by atoms with Crippen molar-refractivity contribution in [3.8, 4) is 5.75 Å². The number of carbonyl (C=O) groups excluding carboxylic acids is 1. The van der Waals surface area contributed by atoms with Crippen molar-refractivity contribution in [2.45, 2.75) is 13.5 Å². The summed E-state index contributed by atoms with van der Waals surface area (Å²) in [6, 6.07) is 11.1. The van der Waals surface area contributed by atoms with Crippen LogP contribution in [0.3, 0.4) is 0 Å². The molecule has 1 N–H and O–H groups in total. The molecule has 0 bridgehead atoms. The number of morpholine rings is 1. The van der Waals surface area contributed by atoms with Gasteiger partial charge in [0.05, 0.1) is 25.5 Å². The Labute approximate surface area is 147 Å². The van der Waals surface area contributed by atoms with Crippen LogP contribution in [0.4, 0.5) is 5.95 Å². The average molecular weight is 342 g/mol. The second-order valence-corrected chi connectivity index (χ2v) is 5.78. The van der Waals surface area contributed by atoms with E-state index in [0.29, 0.717) is 31.5 Å². The van der Waals surface area contributed by atoms with Crippen LogP contribution in [0.2, 0.25) is 0 Å². The second-order valence-electron chi connectivity index (χ2n) is 5.78. The Hall–Kier alpha value is -2.67. The van der Waals surface area contributed by atoms with Gasteiger partial charge in [0.15, 0.2) is 6.61 Å². The van der Waals surface area contributed by atoms with Crippen molar-refractivity contribution in [1.82, 2.24) is 15.3 Å². The van der Waals surface area contributed by atoms with E-state index < -0.39 is 0 Å². The number of anilines is 1. The molecule has 7 heteroatoms. The number of hydrogen-bond donors (Lipinski definition) is 1. The average Bonchev–Trinajstić information content (AvgIpc) is 2.66. The number of carbonyl (C=O) groups is 1. The number of rotatable bonds is 6. The highest BCUT2D eigenvalue weighted by Crippen LogP contribution is 2.12. The normalized spacial score (nSPS) is 14.2. The summed E-state index contributed by atoms with van der Waals surface area (Å²) in [5, 5.41) is 2.83. The Bertz CT molecular complexity index is 703. The molecule has 0 saturated carbocycles. The molecule has 1 aliphatic rings. The maximum absolute atomic E-state index is 12.0. The van der Waals surface area contributed by atoms with E-state index in [2.05, 4.69) is 20.2 Å². The molecule has 0 aliphatic carbocycles. The van der Waals surface area contributed by atoms with Gasteiger partial charge in [-0.15, -0.1) is 0 Å². The number of ether oxygens (including phenoxy) is 2. The molecule has 1 aliphatic heterocycles. The summed E-state index contributed by atoms with van der Waals surface area (Å²) in [4.78, 5) is 23.1. The van der Waals surface area contributed by atoms with E-state index >= 15 is 0 Å². The molecule has 132 valence electrons. The lowest BCUT2D eigenvalue weighted by Crippen LogP contribution is -2.37. The Morgan fingerprint density at radius 2 is 2.00 bits per heavy atom. The fourth-order valence-corrected chi connectivity index (χ4v) is 2.52. The van der Waals surface area contributed by atoms with Crippen molar-refractivity contribution in [3.63, 3.8) is 0 Å². The SMILES string of the molecule is Cc1cc(CNC(=O)COc2ccccc2)nc(N2CCOCC2)n1. The largest absolute Gasteiger partial charge is 0.484 e. The summed E-state index contributed by atoms with van der Waals surface area (Å²) in [6.07, 6.45) is 0. The second kappa shape index (κ2) is 8.43. The maximum Gasteiger partial charge on any atom is 0.258 e. The Kier molecular flexibility index (Phi) is 5.79. The number of nitrogens with zero attached hydrogens (tertiary/aromatic N) is 3. The molecule has 0 spiro atoms. The van der Waals surface area contributed by atoms with Crippen LogP contribution in [-0.4, -0.2) is 48.8 Å². The van der Waals surface area contributed by atoms with Gasteiger partial charge in [-0.1, -0.05) is 18.2 Å². The minimum atomic E-state index is -0.187. The van der Waals surface area contributed by atoms with Gasteiger partial charge in [-0.05, 0) is 25.1 Å². The minimum absolute atomic E-state index is 0.0234. The third-order valence-corrected chi connectivity index (χ3v) is 3.77. The molecule has 25 heavy (non-hydrogen) atoms. The molecule has 1 amide bonds. The monoisotopic (exact) mass is 342 g/mol. The van der Waals surface area contributed by atoms with Gasteiger partial charge in [0.2, 0.25) is 5.95 Å². The van der Waals surface area contributed by atoms with Crippen LogP contribution in [0, 0.1) is 6.92 Å². The predicted molar refractivity (Wildman–Crippen MR) is 93.6 cm³/mol. The maximum atomic E-state index is 12.0. The zero-order valence-electron chi connectivity index (χ0n) is 14.3. The number of para-hydroxylation sites is 1. The number of aromatic nitrogens is 2. The first-order valence-electron chi connectivity index (χ1n) is 8.32. The molecule has 0 unspecified atom stereocenters. The van der Waals surface area contributed by atoms with Crippen LogP contribution in [-0.2, 0) is 16.1 Å². The first-order chi connectivity index (χ1) is 12.2. The summed E-state index contributed by atoms with van der Waals surface area (Å²) in [5.41, 5.74) is 1.66. The fourth-order valence-electron chi connectivity index (χ4n) is 2.52. The number of benzene rings is 1. The van der Waals surface area contributed by atoms with E-state index in [9.17, 15) is 4.79 Å². The van der Waals surface area contributed by atoms with Gasteiger partial charge in [0, 0.05) is 18.8 Å². The van der Waals surface area contributed by atoms with E-state index in [4.69, 9.17) is 9.47 Å². The lowest BCUT2D eigenvalue weighted by Gasteiger charge is -2.27. The highest BCUT2D eigenvalue weighted by molar-refractivity contribution is 5.77. The van der Waals surface area contributed by atoms with Gasteiger partial charge < -0.3 is 19.7 Å². The fraction of sp³-hybridized carbons (Fsp3) is 0.389. The molecule has 1 fully saturated rings. The lowest BCUT2D eigenvalue weighted by molar-refractivity contribution is -0.123. The molecule has 1 aromatic heterocycles. The molecule has 3 rings (SSSR count). The molecule has 2 aromatic rings. The summed E-state index contributed by atoms with van der Waals surface area (Å²) in [7, 11) is 0. The van der Waals surface area contributed by atoms with E-state index in [1.54, 1.807) is 0 Å². The Balaban J connectivity index is 1.53. The van der Waals surface area contributed by atoms with E-state index in [0.717, 1.165) is 24.5 Å².